The van der Waals surface area contributed by atoms with Crippen molar-refractivity contribution in [1.29, 1.82) is 0 Å². The molecule has 0 saturated carbocycles. The molecule has 0 fully saturated rings. The van der Waals surface area contributed by atoms with Gasteiger partial charge in [0.1, 0.15) is 6.54 Å². The number of aliphatic imine (C=N–C) groups is 1. The highest BCUT2D eigenvalue weighted by Crippen LogP contribution is 2.15. The summed E-state index contributed by atoms with van der Waals surface area (Å²) in [5, 5.41) is 5.74. The number of carbonyl (C=O) groups is 1. The number of hydrogen-bond donors (Lipinski definition) is 2. The van der Waals surface area contributed by atoms with Gasteiger partial charge in [0.05, 0.1) is 13.1 Å². The van der Waals surface area contributed by atoms with Crippen molar-refractivity contribution in [2.75, 3.05) is 26.7 Å². The maximum Gasteiger partial charge on any atom is 0.406 e. The van der Waals surface area contributed by atoms with E-state index in [0.717, 1.165) is 23.7 Å². The zero-order valence-corrected chi connectivity index (χ0v) is 17.7. The number of nitrogens with one attached hydrogen (secondary N) is 2. The van der Waals surface area contributed by atoms with Gasteiger partial charge >= 0.3 is 6.18 Å². The predicted octanol–water partition coefficient (Wildman–Crippen LogP) is 3.00. The molecule has 0 unspecified atom stereocenters. The van der Waals surface area contributed by atoms with Gasteiger partial charge in [-0.05, 0) is 31.9 Å². The van der Waals surface area contributed by atoms with E-state index < -0.39 is 18.6 Å². The molecule has 0 spiro atoms. The van der Waals surface area contributed by atoms with E-state index in [-0.39, 0.29) is 30.5 Å². The van der Waals surface area contributed by atoms with Crippen molar-refractivity contribution >= 4 is 35.8 Å². The van der Waals surface area contributed by atoms with Crippen LogP contribution in [-0.4, -0.2) is 49.6 Å². The second-order valence-corrected chi connectivity index (χ2v) is 5.84. The van der Waals surface area contributed by atoms with Crippen molar-refractivity contribution < 1.29 is 18.0 Å². The van der Waals surface area contributed by atoms with Crippen LogP contribution in [0.3, 0.4) is 0 Å². The average Bonchev–Trinajstić information content (AvgIpc) is 2.49. The molecule has 1 amide bonds. The summed E-state index contributed by atoms with van der Waals surface area (Å²) in [6, 6.07) is 6.04. The van der Waals surface area contributed by atoms with Gasteiger partial charge in [0.2, 0.25) is 5.91 Å². The van der Waals surface area contributed by atoms with Crippen molar-refractivity contribution in [3.8, 4) is 0 Å². The second-order valence-electron chi connectivity index (χ2n) is 5.84. The number of rotatable bonds is 6. The summed E-state index contributed by atoms with van der Waals surface area (Å²) in [6.07, 6.45) is -4.41. The molecule has 0 bridgehead atoms. The van der Waals surface area contributed by atoms with Gasteiger partial charge in [-0.3, -0.25) is 4.79 Å². The van der Waals surface area contributed by atoms with E-state index in [0.29, 0.717) is 23.9 Å². The molecule has 1 rings (SSSR count). The van der Waals surface area contributed by atoms with Crippen molar-refractivity contribution in [3.05, 3.63) is 34.9 Å². The predicted molar refractivity (Wildman–Crippen MR) is 108 cm³/mol. The van der Waals surface area contributed by atoms with Crippen molar-refractivity contribution in [1.82, 2.24) is 15.5 Å². The van der Waals surface area contributed by atoms with Crippen LogP contribution < -0.4 is 10.6 Å². The molecule has 0 aliphatic carbocycles. The molecule has 0 aliphatic rings. The quantitative estimate of drug-likeness (QED) is 0.370. The third-order valence-electron chi connectivity index (χ3n) is 3.50. The molecule has 148 valence electrons. The third kappa shape index (κ3) is 9.25. The number of alkyl halides is 3. The fourth-order valence-corrected chi connectivity index (χ4v) is 2.18. The fourth-order valence-electron chi connectivity index (χ4n) is 2.18. The number of guanidine groups is 1. The van der Waals surface area contributed by atoms with Crippen LogP contribution in [0.25, 0.3) is 0 Å². The summed E-state index contributed by atoms with van der Waals surface area (Å²) >= 11 is 0. The molecule has 0 aromatic heterocycles. The first-order valence-corrected chi connectivity index (χ1v) is 8.01. The Bertz CT molecular complexity index is 621. The van der Waals surface area contributed by atoms with Gasteiger partial charge in [0.25, 0.3) is 0 Å². The standard InChI is InChI=1S/C17H25F3N4O.HI/c1-5-21-16(22-9-14-7-6-12(2)8-13(14)3)23-10-15(25)24(4)11-17(18,19)20;/h6-8H,5,9-11H2,1-4H3,(H2,21,22,23);1H. The average molecular weight is 486 g/mol. The maximum atomic E-state index is 12.3. The first kappa shape index (κ1) is 24.5. The first-order chi connectivity index (χ1) is 11.6. The van der Waals surface area contributed by atoms with Gasteiger partial charge in [-0.25, -0.2) is 4.99 Å². The molecular formula is C17H26F3IN4O. The van der Waals surface area contributed by atoms with Crippen molar-refractivity contribution in [2.45, 2.75) is 33.5 Å². The van der Waals surface area contributed by atoms with Gasteiger partial charge in [-0.1, -0.05) is 23.8 Å². The normalized spacial score (nSPS) is 11.6. The van der Waals surface area contributed by atoms with Gasteiger partial charge in [-0.2, -0.15) is 13.2 Å². The Balaban J connectivity index is 0.00000625. The molecule has 0 aliphatic heterocycles. The summed E-state index contributed by atoms with van der Waals surface area (Å²) in [4.78, 5) is 16.8. The zero-order valence-electron chi connectivity index (χ0n) is 15.4. The molecule has 2 N–H and O–H groups in total. The minimum atomic E-state index is -4.41. The molecule has 0 heterocycles. The molecule has 5 nitrogen and oxygen atoms in total. The Hall–Kier alpha value is -1.52. The van der Waals surface area contributed by atoms with Crippen molar-refractivity contribution in [2.24, 2.45) is 4.99 Å². The van der Waals surface area contributed by atoms with Crippen LogP contribution in [0, 0.1) is 13.8 Å². The molecule has 26 heavy (non-hydrogen) atoms. The smallest absolute Gasteiger partial charge is 0.357 e. The summed E-state index contributed by atoms with van der Waals surface area (Å²) in [5.74, 6) is -0.273. The Morgan fingerprint density at radius 1 is 1.23 bits per heavy atom. The number of halogens is 4. The van der Waals surface area contributed by atoms with Crippen LogP contribution in [0.1, 0.15) is 23.6 Å². The molecule has 0 radical (unpaired) electrons. The Kier molecular flexibility index (Phi) is 10.6. The van der Waals surface area contributed by atoms with E-state index in [9.17, 15) is 18.0 Å². The van der Waals surface area contributed by atoms with Crippen LogP contribution in [-0.2, 0) is 11.3 Å². The molecule has 9 heteroatoms. The summed E-state index contributed by atoms with van der Waals surface area (Å²) < 4.78 is 36.9. The summed E-state index contributed by atoms with van der Waals surface area (Å²) in [5.41, 5.74) is 3.32. The van der Waals surface area contributed by atoms with E-state index in [1.165, 1.54) is 0 Å². The SMILES string of the molecule is CCNC(=NCc1ccc(C)cc1C)NCC(=O)N(C)CC(F)(F)F.I. The van der Waals surface area contributed by atoms with Gasteiger partial charge in [-0.15, -0.1) is 24.0 Å². The zero-order chi connectivity index (χ0) is 19.0. The molecule has 0 saturated heterocycles. The largest absolute Gasteiger partial charge is 0.406 e. The highest BCUT2D eigenvalue weighted by Gasteiger charge is 2.31. The Morgan fingerprint density at radius 3 is 2.42 bits per heavy atom. The van der Waals surface area contributed by atoms with Crippen LogP contribution >= 0.6 is 24.0 Å². The van der Waals surface area contributed by atoms with E-state index in [4.69, 9.17) is 0 Å². The number of carbonyl (C=O) groups excluding carboxylic acids is 1. The first-order valence-electron chi connectivity index (χ1n) is 8.01. The molecule has 1 aromatic carbocycles. The van der Waals surface area contributed by atoms with Crippen LogP contribution in [0.2, 0.25) is 0 Å². The second kappa shape index (κ2) is 11.2. The van der Waals surface area contributed by atoms with Crippen molar-refractivity contribution in [3.63, 3.8) is 0 Å². The molecular weight excluding hydrogens is 460 g/mol. The van der Waals surface area contributed by atoms with Gasteiger partial charge < -0.3 is 15.5 Å². The number of benzene rings is 1. The maximum absolute atomic E-state index is 12.3. The minimum absolute atomic E-state index is 0. The van der Waals surface area contributed by atoms with Crippen LogP contribution in [0.15, 0.2) is 23.2 Å². The lowest BCUT2D eigenvalue weighted by Gasteiger charge is -2.20. The highest BCUT2D eigenvalue weighted by molar-refractivity contribution is 14.0. The van der Waals surface area contributed by atoms with E-state index in [1.807, 2.05) is 32.9 Å². The van der Waals surface area contributed by atoms with E-state index in [2.05, 4.69) is 21.7 Å². The summed E-state index contributed by atoms with van der Waals surface area (Å²) in [6.45, 7) is 5.32. The number of amides is 1. The number of aryl methyl sites for hydroxylation is 2. The van der Waals surface area contributed by atoms with E-state index >= 15 is 0 Å². The lowest BCUT2D eigenvalue weighted by atomic mass is 10.1. The minimum Gasteiger partial charge on any atom is -0.357 e. The summed E-state index contributed by atoms with van der Waals surface area (Å²) in [7, 11) is 1.12. The lowest BCUT2D eigenvalue weighted by Crippen LogP contribution is -2.45. The molecule has 0 atom stereocenters. The number of likely N-dealkylation sites (N-methyl/N-ethyl adjacent to an activating group) is 1. The lowest BCUT2D eigenvalue weighted by molar-refractivity contribution is -0.157. The Labute approximate surface area is 169 Å². The highest BCUT2D eigenvalue weighted by atomic mass is 127. The van der Waals surface area contributed by atoms with Gasteiger partial charge in [0, 0.05) is 13.6 Å². The Morgan fingerprint density at radius 2 is 1.88 bits per heavy atom. The van der Waals surface area contributed by atoms with Crippen LogP contribution in [0.5, 0.6) is 0 Å². The fraction of sp³-hybridized carbons (Fsp3) is 0.529. The van der Waals surface area contributed by atoms with E-state index in [1.54, 1.807) is 0 Å². The van der Waals surface area contributed by atoms with Crippen LogP contribution in [0.4, 0.5) is 13.2 Å². The number of nitrogens with zero attached hydrogens (tertiary/aromatic N) is 2. The molecule has 1 aromatic rings. The topological polar surface area (TPSA) is 56.7 Å². The van der Waals surface area contributed by atoms with Gasteiger partial charge in [0.15, 0.2) is 5.96 Å². The third-order valence-corrected chi connectivity index (χ3v) is 3.50. The number of hydrogen-bond acceptors (Lipinski definition) is 2. The monoisotopic (exact) mass is 486 g/mol.